The average molecular weight is 429 g/mol. The predicted octanol–water partition coefficient (Wildman–Crippen LogP) is 3.70. The second kappa shape index (κ2) is 7.08. The molecule has 30 heavy (non-hydrogen) atoms. The van der Waals surface area contributed by atoms with Crippen LogP contribution < -0.4 is 4.31 Å². The summed E-state index contributed by atoms with van der Waals surface area (Å²) in [5.41, 5.74) is 3.40. The Morgan fingerprint density at radius 3 is 2.33 bits per heavy atom. The zero-order valence-corrected chi connectivity index (χ0v) is 17.7. The third kappa shape index (κ3) is 3.29. The van der Waals surface area contributed by atoms with Gasteiger partial charge in [-0.15, -0.1) is 0 Å². The fourth-order valence-corrected chi connectivity index (χ4v) is 6.47. The van der Waals surface area contributed by atoms with Gasteiger partial charge in [-0.3, -0.25) is 9.10 Å². The van der Waals surface area contributed by atoms with Crippen molar-refractivity contribution in [3.63, 3.8) is 0 Å². The van der Waals surface area contributed by atoms with E-state index in [2.05, 4.69) is 0 Å². The Hall–Kier alpha value is -2.41. The fourth-order valence-electron chi connectivity index (χ4n) is 5.51. The Morgan fingerprint density at radius 1 is 1.03 bits per heavy atom. The van der Waals surface area contributed by atoms with Crippen LogP contribution in [0.2, 0.25) is 0 Å². The summed E-state index contributed by atoms with van der Waals surface area (Å²) in [5.74, 6) is 0.177. The van der Waals surface area contributed by atoms with E-state index in [0.29, 0.717) is 30.1 Å². The second-order valence-electron chi connectivity index (χ2n) is 8.75. The Labute approximate surface area is 176 Å². The molecule has 5 nitrogen and oxygen atoms in total. The van der Waals surface area contributed by atoms with Crippen LogP contribution in [0.25, 0.3) is 0 Å². The van der Waals surface area contributed by atoms with E-state index in [9.17, 15) is 17.6 Å². The number of sulfonamides is 1. The highest BCUT2D eigenvalue weighted by Crippen LogP contribution is 2.44. The van der Waals surface area contributed by atoms with Crippen LogP contribution in [0.15, 0.2) is 42.5 Å². The average Bonchev–Trinajstić information content (AvgIpc) is 3.25. The van der Waals surface area contributed by atoms with Crippen LogP contribution >= 0.6 is 0 Å². The maximum Gasteiger partial charge on any atom is 0.254 e. The molecule has 2 atom stereocenters. The highest BCUT2D eigenvalue weighted by Gasteiger charge is 2.44. The summed E-state index contributed by atoms with van der Waals surface area (Å²) in [6.07, 6.45) is 5.65. The number of piperidine rings is 1. The number of amides is 1. The molecule has 3 aliphatic heterocycles. The molecule has 2 saturated heterocycles. The topological polar surface area (TPSA) is 57.7 Å². The minimum absolute atomic E-state index is 0.0423. The molecular weight excluding hydrogens is 403 g/mol. The molecule has 1 amide bonds. The predicted molar refractivity (Wildman–Crippen MR) is 114 cm³/mol. The zero-order chi connectivity index (χ0) is 21.0. The zero-order valence-electron chi connectivity index (χ0n) is 16.9. The first-order valence-corrected chi connectivity index (χ1v) is 12.3. The summed E-state index contributed by atoms with van der Waals surface area (Å²) >= 11 is 0. The van der Waals surface area contributed by atoms with Crippen LogP contribution in [0.1, 0.15) is 53.1 Å². The van der Waals surface area contributed by atoms with Crippen molar-refractivity contribution in [1.82, 2.24) is 4.90 Å². The highest BCUT2D eigenvalue weighted by atomic mass is 32.2. The van der Waals surface area contributed by atoms with Crippen LogP contribution in [0.3, 0.4) is 0 Å². The fraction of sp³-hybridized carbons (Fsp3) is 0.435. The Kier molecular flexibility index (Phi) is 4.61. The summed E-state index contributed by atoms with van der Waals surface area (Å²) < 4.78 is 38.6. The van der Waals surface area contributed by atoms with Gasteiger partial charge in [-0.25, -0.2) is 12.8 Å². The van der Waals surface area contributed by atoms with Crippen molar-refractivity contribution in [3.8, 4) is 0 Å². The number of fused-ring (bicyclic) bond motifs is 3. The first kappa shape index (κ1) is 19.5. The van der Waals surface area contributed by atoms with E-state index in [1.54, 1.807) is 12.1 Å². The third-order valence-electron chi connectivity index (χ3n) is 6.89. The minimum Gasteiger partial charge on any atom is -0.333 e. The standard InChI is InChI=1S/C23H25FN2O3S/c1-30(28,29)25-11-10-16-12-17(4-9-22(16)25)23(27)26-20-7-8-21(26)14-18(13-20)15-2-5-19(24)6-3-15/h2-6,9,12,18,20-21H,7-8,10-11,13-14H2,1H3. The molecule has 2 unspecified atom stereocenters. The molecule has 2 aromatic rings. The summed E-state index contributed by atoms with van der Waals surface area (Å²) in [4.78, 5) is 15.4. The lowest BCUT2D eigenvalue weighted by molar-refractivity contribution is 0.0571. The van der Waals surface area contributed by atoms with Crippen LogP contribution in [-0.2, 0) is 16.4 Å². The van der Waals surface area contributed by atoms with Crippen molar-refractivity contribution in [2.75, 3.05) is 17.1 Å². The summed E-state index contributed by atoms with van der Waals surface area (Å²) in [5, 5.41) is 0. The summed E-state index contributed by atoms with van der Waals surface area (Å²) in [7, 11) is -3.30. The molecule has 3 aliphatic rings. The normalized spacial score (nSPS) is 25.5. The van der Waals surface area contributed by atoms with E-state index in [-0.39, 0.29) is 23.8 Å². The number of hydrogen-bond acceptors (Lipinski definition) is 3. The van der Waals surface area contributed by atoms with Gasteiger partial charge in [-0.05, 0) is 79.5 Å². The smallest absolute Gasteiger partial charge is 0.254 e. The maximum atomic E-state index is 13.4. The monoisotopic (exact) mass is 428 g/mol. The van der Waals surface area contributed by atoms with Crippen molar-refractivity contribution in [2.45, 2.75) is 50.1 Å². The number of halogens is 1. The molecule has 0 saturated carbocycles. The van der Waals surface area contributed by atoms with Crippen molar-refractivity contribution < 1.29 is 17.6 Å². The molecule has 158 valence electrons. The van der Waals surface area contributed by atoms with E-state index in [0.717, 1.165) is 36.8 Å². The van der Waals surface area contributed by atoms with Gasteiger partial charge in [0, 0.05) is 24.2 Å². The second-order valence-corrected chi connectivity index (χ2v) is 10.7. The van der Waals surface area contributed by atoms with Crippen LogP contribution in [-0.4, -0.2) is 44.1 Å². The number of hydrogen-bond donors (Lipinski definition) is 0. The lowest BCUT2D eigenvalue weighted by atomic mass is 9.84. The molecule has 5 rings (SSSR count). The molecule has 0 aromatic heterocycles. The van der Waals surface area contributed by atoms with Crippen molar-refractivity contribution in [3.05, 3.63) is 65.0 Å². The Bertz CT molecular complexity index is 1090. The van der Waals surface area contributed by atoms with Crippen LogP contribution in [0.4, 0.5) is 10.1 Å². The van der Waals surface area contributed by atoms with Gasteiger partial charge in [-0.2, -0.15) is 0 Å². The molecule has 2 fully saturated rings. The molecule has 3 heterocycles. The van der Waals surface area contributed by atoms with E-state index >= 15 is 0 Å². The maximum absolute atomic E-state index is 13.4. The van der Waals surface area contributed by atoms with E-state index in [4.69, 9.17) is 0 Å². The number of carbonyl (C=O) groups excluding carboxylic acids is 1. The van der Waals surface area contributed by atoms with E-state index in [1.165, 1.54) is 22.7 Å². The molecule has 0 aliphatic carbocycles. The Morgan fingerprint density at radius 2 is 1.70 bits per heavy atom. The van der Waals surface area contributed by atoms with Crippen LogP contribution in [0.5, 0.6) is 0 Å². The molecule has 7 heteroatoms. The number of anilines is 1. The van der Waals surface area contributed by atoms with Gasteiger partial charge in [0.2, 0.25) is 10.0 Å². The molecule has 2 aromatic carbocycles. The SMILES string of the molecule is CS(=O)(=O)N1CCc2cc(C(=O)N3C4CCC3CC(c3ccc(F)cc3)C4)ccc21. The van der Waals surface area contributed by atoms with Gasteiger partial charge in [0.05, 0.1) is 11.9 Å². The largest absolute Gasteiger partial charge is 0.333 e. The Balaban J connectivity index is 1.36. The molecule has 2 bridgehead atoms. The third-order valence-corrected chi connectivity index (χ3v) is 8.07. The van der Waals surface area contributed by atoms with Gasteiger partial charge in [-0.1, -0.05) is 12.1 Å². The van der Waals surface area contributed by atoms with Crippen molar-refractivity contribution in [1.29, 1.82) is 0 Å². The van der Waals surface area contributed by atoms with E-state index < -0.39 is 10.0 Å². The van der Waals surface area contributed by atoms with Gasteiger partial charge >= 0.3 is 0 Å². The van der Waals surface area contributed by atoms with Gasteiger partial charge in [0.15, 0.2) is 0 Å². The van der Waals surface area contributed by atoms with Crippen molar-refractivity contribution in [2.24, 2.45) is 0 Å². The van der Waals surface area contributed by atoms with E-state index in [1.807, 2.05) is 23.1 Å². The molecule has 0 spiro atoms. The summed E-state index contributed by atoms with van der Waals surface area (Å²) in [6.45, 7) is 0.431. The number of rotatable bonds is 3. The molecule has 0 radical (unpaired) electrons. The minimum atomic E-state index is -3.30. The summed E-state index contributed by atoms with van der Waals surface area (Å²) in [6, 6.07) is 12.6. The lowest BCUT2D eigenvalue weighted by Crippen LogP contribution is -2.46. The highest BCUT2D eigenvalue weighted by molar-refractivity contribution is 7.92. The molecular formula is C23H25FN2O3S. The van der Waals surface area contributed by atoms with Gasteiger partial charge in [0.1, 0.15) is 5.82 Å². The quantitative estimate of drug-likeness (QED) is 0.749. The first-order valence-electron chi connectivity index (χ1n) is 10.5. The molecule has 0 N–H and O–H groups in total. The lowest BCUT2D eigenvalue weighted by Gasteiger charge is -2.39. The van der Waals surface area contributed by atoms with Gasteiger partial charge in [0.25, 0.3) is 5.91 Å². The number of nitrogens with zero attached hydrogens (tertiary/aromatic N) is 2. The van der Waals surface area contributed by atoms with Crippen molar-refractivity contribution >= 4 is 21.6 Å². The number of carbonyl (C=O) groups is 1. The van der Waals surface area contributed by atoms with Crippen LogP contribution in [0, 0.1) is 5.82 Å². The van der Waals surface area contributed by atoms with Gasteiger partial charge < -0.3 is 4.90 Å². The number of benzene rings is 2. The first-order chi connectivity index (χ1) is 14.3.